The molecule has 0 radical (unpaired) electrons. The molecule has 122 valence electrons. The number of hydrogen-bond acceptors (Lipinski definition) is 5. The summed E-state index contributed by atoms with van der Waals surface area (Å²) in [7, 11) is -4.21. The summed E-state index contributed by atoms with van der Waals surface area (Å²) in [6.45, 7) is 0. The van der Waals surface area contributed by atoms with Crippen LogP contribution in [0.3, 0.4) is 0 Å². The summed E-state index contributed by atoms with van der Waals surface area (Å²) >= 11 is 5.75. The molecule has 0 aromatic heterocycles. The molecule has 0 aliphatic heterocycles. The summed E-state index contributed by atoms with van der Waals surface area (Å²) in [5.74, 6) is -3.25. The van der Waals surface area contributed by atoms with E-state index in [-0.39, 0.29) is 16.5 Å². The summed E-state index contributed by atoms with van der Waals surface area (Å²) in [4.78, 5) is 9.16. The van der Waals surface area contributed by atoms with Gasteiger partial charge >= 0.3 is 0 Å². The molecular weight excluding hydrogens is 356 g/mol. The van der Waals surface area contributed by atoms with E-state index in [4.69, 9.17) is 16.3 Å². The Kier molecular flexibility index (Phi) is 4.81. The van der Waals surface area contributed by atoms with E-state index in [1.807, 2.05) is 0 Å². The molecule has 2 aromatic rings. The molecule has 2 rings (SSSR count). The molecule has 0 aliphatic rings. The maximum Gasteiger partial charge on any atom is 0.271 e. The van der Waals surface area contributed by atoms with Crippen molar-refractivity contribution >= 4 is 27.1 Å². The third-order valence-corrected chi connectivity index (χ3v) is 4.45. The molecule has 0 unspecified atom stereocenters. The lowest BCUT2D eigenvalue weighted by Gasteiger charge is -2.09. The highest BCUT2D eigenvalue weighted by molar-refractivity contribution is 7.91. The van der Waals surface area contributed by atoms with Crippen LogP contribution in [0, 0.1) is 21.7 Å². The Morgan fingerprint density at radius 3 is 2.43 bits per heavy atom. The topological polar surface area (TPSA) is 86.5 Å². The summed E-state index contributed by atoms with van der Waals surface area (Å²) in [5, 5.41) is 10.4. The number of halogens is 3. The summed E-state index contributed by atoms with van der Waals surface area (Å²) in [6.07, 6.45) is 0. The van der Waals surface area contributed by atoms with Crippen molar-refractivity contribution in [3.8, 4) is 5.75 Å². The summed E-state index contributed by atoms with van der Waals surface area (Å²) < 4.78 is 55.3. The van der Waals surface area contributed by atoms with E-state index in [1.54, 1.807) is 0 Å². The van der Waals surface area contributed by atoms with Gasteiger partial charge in [-0.15, -0.1) is 0 Å². The van der Waals surface area contributed by atoms with Gasteiger partial charge in [0.15, 0.2) is 5.94 Å². The van der Waals surface area contributed by atoms with Crippen molar-refractivity contribution in [3.63, 3.8) is 0 Å². The monoisotopic (exact) mass is 363 g/mol. The van der Waals surface area contributed by atoms with Crippen LogP contribution < -0.4 is 4.74 Å². The number of non-ortho nitro benzene ring substituents is 1. The van der Waals surface area contributed by atoms with E-state index in [0.717, 1.165) is 30.3 Å². The third kappa shape index (κ3) is 3.93. The minimum atomic E-state index is -4.21. The maximum absolute atomic E-state index is 13.5. The predicted molar refractivity (Wildman–Crippen MR) is 77.1 cm³/mol. The molecule has 10 heteroatoms. The van der Waals surface area contributed by atoms with Crippen LogP contribution in [-0.4, -0.2) is 19.3 Å². The molecular formula is C13H8ClF2NO5S. The van der Waals surface area contributed by atoms with Crippen LogP contribution >= 0.6 is 11.6 Å². The van der Waals surface area contributed by atoms with Crippen molar-refractivity contribution in [3.05, 3.63) is 63.2 Å². The molecule has 0 bridgehead atoms. The van der Waals surface area contributed by atoms with Gasteiger partial charge in [-0.05, 0) is 18.2 Å². The molecule has 0 N–H and O–H groups in total. The first kappa shape index (κ1) is 17.1. The molecule has 0 heterocycles. The van der Waals surface area contributed by atoms with Crippen LogP contribution in [0.2, 0.25) is 5.02 Å². The highest BCUT2D eigenvalue weighted by atomic mass is 35.5. The van der Waals surface area contributed by atoms with E-state index < -0.39 is 37.2 Å². The summed E-state index contributed by atoms with van der Waals surface area (Å²) in [6, 6.07) is 5.20. The number of sulfone groups is 1. The van der Waals surface area contributed by atoms with Crippen LogP contribution in [0.15, 0.2) is 41.3 Å². The highest BCUT2D eigenvalue weighted by Gasteiger charge is 2.21. The SMILES string of the molecule is O=[N+]([O-])c1ccc(OCS(=O)(=O)c2ccc(F)cc2F)c(Cl)c1. The highest BCUT2D eigenvalue weighted by Crippen LogP contribution is 2.29. The molecule has 0 atom stereocenters. The van der Waals surface area contributed by atoms with Gasteiger partial charge in [-0.2, -0.15) is 0 Å². The zero-order valence-corrected chi connectivity index (χ0v) is 12.8. The van der Waals surface area contributed by atoms with E-state index in [1.165, 1.54) is 0 Å². The number of nitro benzene ring substituents is 1. The molecule has 0 amide bonds. The largest absolute Gasteiger partial charge is 0.476 e. The van der Waals surface area contributed by atoms with Gasteiger partial charge in [0.1, 0.15) is 22.3 Å². The minimum absolute atomic E-state index is 0.122. The molecule has 2 aromatic carbocycles. The lowest BCUT2D eigenvalue weighted by atomic mass is 10.3. The number of benzene rings is 2. The Morgan fingerprint density at radius 1 is 1.17 bits per heavy atom. The van der Waals surface area contributed by atoms with E-state index in [9.17, 15) is 27.3 Å². The molecule has 0 aliphatic carbocycles. The van der Waals surface area contributed by atoms with Crippen molar-refractivity contribution in [2.75, 3.05) is 5.94 Å². The van der Waals surface area contributed by atoms with E-state index >= 15 is 0 Å². The maximum atomic E-state index is 13.5. The van der Waals surface area contributed by atoms with Gasteiger partial charge < -0.3 is 4.74 Å². The van der Waals surface area contributed by atoms with Crippen LogP contribution in [0.25, 0.3) is 0 Å². The molecule has 0 fully saturated rings. The van der Waals surface area contributed by atoms with Gasteiger partial charge in [-0.3, -0.25) is 10.1 Å². The standard InChI is InChI=1S/C13H8ClF2NO5S/c14-10-6-9(17(18)19)2-3-12(10)22-7-23(20,21)13-4-1-8(15)5-11(13)16/h1-6H,7H2. The van der Waals surface area contributed by atoms with Gasteiger partial charge in [0.25, 0.3) is 5.69 Å². The fourth-order valence-electron chi connectivity index (χ4n) is 1.65. The first-order valence-corrected chi connectivity index (χ1v) is 7.98. The van der Waals surface area contributed by atoms with Crippen LogP contribution in [0.1, 0.15) is 0 Å². The second-order valence-electron chi connectivity index (χ2n) is 4.32. The average molecular weight is 364 g/mol. The second-order valence-corrected chi connectivity index (χ2v) is 6.64. The Balaban J connectivity index is 2.21. The van der Waals surface area contributed by atoms with Crippen molar-refractivity contribution < 1.29 is 26.9 Å². The lowest BCUT2D eigenvalue weighted by molar-refractivity contribution is -0.384. The lowest BCUT2D eigenvalue weighted by Crippen LogP contribution is -2.14. The fraction of sp³-hybridized carbons (Fsp3) is 0.0769. The quantitative estimate of drug-likeness (QED) is 0.462. The Morgan fingerprint density at radius 2 is 1.87 bits per heavy atom. The van der Waals surface area contributed by atoms with Crippen LogP contribution in [-0.2, 0) is 9.84 Å². The van der Waals surface area contributed by atoms with Gasteiger partial charge in [0.05, 0.1) is 9.95 Å². The predicted octanol–water partition coefficient (Wildman–Crippen LogP) is 3.34. The number of nitro groups is 1. The van der Waals surface area contributed by atoms with Crippen molar-refractivity contribution in [2.24, 2.45) is 0 Å². The zero-order valence-electron chi connectivity index (χ0n) is 11.2. The summed E-state index contributed by atoms with van der Waals surface area (Å²) in [5.41, 5.74) is -0.296. The Hall–Kier alpha value is -2.26. The first-order chi connectivity index (χ1) is 10.7. The normalized spacial score (nSPS) is 11.3. The van der Waals surface area contributed by atoms with Crippen LogP contribution in [0.5, 0.6) is 5.75 Å². The van der Waals surface area contributed by atoms with Gasteiger partial charge in [-0.25, -0.2) is 17.2 Å². The van der Waals surface area contributed by atoms with E-state index in [2.05, 4.69) is 0 Å². The number of nitrogens with zero attached hydrogens (tertiary/aromatic N) is 1. The number of rotatable bonds is 5. The fourth-order valence-corrected chi connectivity index (χ4v) is 2.92. The van der Waals surface area contributed by atoms with Crippen molar-refractivity contribution in [2.45, 2.75) is 4.90 Å². The smallest absolute Gasteiger partial charge is 0.271 e. The van der Waals surface area contributed by atoms with E-state index in [0.29, 0.717) is 6.07 Å². The molecule has 23 heavy (non-hydrogen) atoms. The second kappa shape index (κ2) is 6.47. The first-order valence-electron chi connectivity index (χ1n) is 5.95. The number of ether oxygens (including phenoxy) is 1. The number of hydrogen-bond donors (Lipinski definition) is 0. The molecule has 0 spiro atoms. The van der Waals surface area contributed by atoms with Crippen molar-refractivity contribution in [1.82, 2.24) is 0 Å². The minimum Gasteiger partial charge on any atom is -0.476 e. The molecule has 6 nitrogen and oxygen atoms in total. The van der Waals surface area contributed by atoms with Gasteiger partial charge in [0, 0.05) is 18.2 Å². The Bertz CT molecular complexity index is 873. The molecule has 0 saturated heterocycles. The van der Waals surface area contributed by atoms with Crippen molar-refractivity contribution in [1.29, 1.82) is 0 Å². The zero-order chi connectivity index (χ0) is 17.2. The van der Waals surface area contributed by atoms with Crippen LogP contribution in [0.4, 0.5) is 14.5 Å². The van der Waals surface area contributed by atoms with Gasteiger partial charge in [0.2, 0.25) is 9.84 Å². The Labute approximate surface area is 134 Å². The third-order valence-electron chi connectivity index (χ3n) is 2.72. The average Bonchev–Trinajstić information content (AvgIpc) is 2.45. The van der Waals surface area contributed by atoms with Gasteiger partial charge in [-0.1, -0.05) is 11.6 Å². The molecule has 0 saturated carbocycles.